The number of nitrogens with zero attached hydrogens (tertiary/aromatic N) is 4. The predicted molar refractivity (Wildman–Crippen MR) is 148 cm³/mol. The van der Waals surface area contributed by atoms with Gasteiger partial charge >= 0.3 is 0 Å². The molecule has 1 aliphatic rings. The number of aromatic nitrogens is 2. The number of hydrogen-bond acceptors (Lipinski definition) is 4. The Morgan fingerprint density at radius 2 is 1.54 bits per heavy atom. The van der Waals surface area contributed by atoms with Gasteiger partial charge in [-0.2, -0.15) is 0 Å². The molecule has 0 bridgehead atoms. The van der Waals surface area contributed by atoms with Crippen LogP contribution in [-0.4, -0.2) is 45.9 Å². The maximum Gasteiger partial charge on any atom is 0.0886 e. The van der Waals surface area contributed by atoms with Gasteiger partial charge in [-0.1, -0.05) is 62.9 Å². The van der Waals surface area contributed by atoms with Crippen LogP contribution in [0.3, 0.4) is 0 Å². The van der Waals surface area contributed by atoms with Crippen molar-refractivity contribution in [3.63, 3.8) is 0 Å². The van der Waals surface area contributed by atoms with E-state index < -0.39 is 0 Å². The maximum absolute atomic E-state index is 4.63. The quantitative estimate of drug-likeness (QED) is 0.295. The van der Waals surface area contributed by atoms with Gasteiger partial charge < -0.3 is 9.80 Å². The Labute approximate surface area is 210 Å². The van der Waals surface area contributed by atoms with Crippen molar-refractivity contribution in [3.05, 3.63) is 114 Å². The smallest absolute Gasteiger partial charge is 0.0886 e. The van der Waals surface area contributed by atoms with E-state index in [0.29, 0.717) is 0 Å². The van der Waals surface area contributed by atoms with Crippen LogP contribution in [0.2, 0.25) is 0 Å². The van der Waals surface area contributed by atoms with Crippen LogP contribution in [0.5, 0.6) is 0 Å². The molecule has 4 rings (SSSR count). The average molecular weight is 465 g/mol. The molecule has 0 aliphatic carbocycles. The maximum atomic E-state index is 4.63. The number of aryl methyl sites for hydroxylation is 1. The van der Waals surface area contributed by atoms with E-state index in [9.17, 15) is 0 Å². The second kappa shape index (κ2) is 12.5. The summed E-state index contributed by atoms with van der Waals surface area (Å²) in [5.74, 6) is 0. The monoisotopic (exact) mass is 464 g/mol. The summed E-state index contributed by atoms with van der Waals surface area (Å²) in [5, 5.41) is 0. The fourth-order valence-electron chi connectivity index (χ4n) is 4.20. The van der Waals surface area contributed by atoms with Crippen LogP contribution < -0.4 is 0 Å². The fourth-order valence-corrected chi connectivity index (χ4v) is 4.20. The standard InChI is InChI=1S/C29H30N4.C2H6/c1-5-28(24-13-14-27(31-21-24)26-12-8-9-15-30-26)32-16-18-33(19-17-32)29(20-22(2)3)25-11-7-6-10-23(25)4;1-2/h6-15,20-21H,1-2,16-19H2,3-4H3;1-2H3/b29-20+;. The molecule has 3 aromatic rings. The van der Waals surface area contributed by atoms with Crippen molar-refractivity contribution in [2.45, 2.75) is 27.7 Å². The Morgan fingerprint density at radius 1 is 0.886 bits per heavy atom. The van der Waals surface area contributed by atoms with Crippen LogP contribution in [-0.2, 0) is 0 Å². The Morgan fingerprint density at radius 3 is 2.11 bits per heavy atom. The van der Waals surface area contributed by atoms with Gasteiger partial charge in [-0.05, 0) is 49.8 Å². The summed E-state index contributed by atoms with van der Waals surface area (Å²) in [4.78, 5) is 13.8. The average Bonchev–Trinajstić information content (AvgIpc) is 2.91. The summed E-state index contributed by atoms with van der Waals surface area (Å²) >= 11 is 0. The summed E-state index contributed by atoms with van der Waals surface area (Å²) in [7, 11) is 0. The van der Waals surface area contributed by atoms with E-state index in [0.717, 1.165) is 54.4 Å². The summed E-state index contributed by atoms with van der Waals surface area (Å²) < 4.78 is 0. The van der Waals surface area contributed by atoms with Gasteiger partial charge in [-0.15, -0.1) is 5.73 Å². The van der Waals surface area contributed by atoms with Gasteiger partial charge in [0.15, 0.2) is 0 Å². The first-order chi connectivity index (χ1) is 17.1. The predicted octanol–water partition coefficient (Wildman–Crippen LogP) is 6.84. The van der Waals surface area contributed by atoms with Crippen LogP contribution in [0, 0.1) is 6.92 Å². The minimum absolute atomic E-state index is 0.861. The van der Waals surface area contributed by atoms with E-state index in [1.54, 1.807) is 6.20 Å². The van der Waals surface area contributed by atoms with Gasteiger partial charge in [-0.3, -0.25) is 9.97 Å². The fraction of sp³-hybridized carbons (Fsp3) is 0.258. The zero-order valence-corrected chi connectivity index (χ0v) is 21.5. The highest BCUT2D eigenvalue weighted by Gasteiger charge is 2.22. The molecular formula is C31H36N4. The van der Waals surface area contributed by atoms with Gasteiger partial charge in [0.2, 0.25) is 0 Å². The zero-order valence-electron chi connectivity index (χ0n) is 21.5. The van der Waals surface area contributed by atoms with Gasteiger partial charge in [0.05, 0.1) is 17.1 Å². The molecule has 0 atom stereocenters. The highest BCUT2D eigenvalue weighted by Crippen LogP contribution is 2.28. The molecule has 1 aliphatic heterocycles. The molecule has 0 saturated carbocycles. The first-order valence-corrected chi connectivity index (χ1v) is 12.3. The van der Waals surface area contributed by atoms with E-state index in [2.05, 4.69) is 88.9 Å². The van der Waals surface area contributed by atoms with Gasteiger partial charge in [0.25, 0.3) is 0 Å². The number of pyridine rings is 2. The van der Waals surface area contributed by atoms with Crippen molar-refractivity contribution in [3.8, 4) is 11.4 Å². The molecule has 180 valence electrons. The molecule has 0 unspecified atom stereocenters. The molecule has 1 saturated heterocycles. The summed E-state index contributed by atoms with van der Waals surface area (Å²) in [6, 6.07) is 18.5. The van der Waals surface area contributed by atoms with Crippen molar-refractivity contribution >= 4 is 11.4 Å². The lowest BCUT2D eigenvalue weighted by atomic mass is 10.0. The lowest BCUT2D eigenvalue weighted by Gasteiger charge is -2.39. The first-order valence-electron chi connectivity index (χ1n) is 12.3. The lowest BCUT2D eigenvalue weighted by Crippen LogP contribution is -2.44. The van der Waals surface area contributed by atoms with Crippen molar-refractivity contribution in [2.75, 3.05) is 26.2 Å². The Bertz CT molecular complexity index is 1190. The van der Waals surface area contributed by atoms with E-state index in [1.807, 2.05) is 44.3 Å². The Hall–Kier alpha value is -3.88. The zero-order chi connectivity index (χ0) is 25.2. The van der Waals surface area contributed by atoms with Crippen molar-refractivity contribution in [2.24, 2.45) is 0 Å². The van der Waals surface area contributed by atoms with Crippen molar-refractivity contribution < 1.29 is 0 Å². The van der Waals surface area contributed by atoms with Gasteiger partial charge in [0.1, 0.15) is 0 Å². The lowest BCUT2D eigenvalue weighted by molar-refractivity contribution is 0.238. The van der Waals surface area contributed by atoms with E-state index in [4.69, 9.17) is 0 Å². The molecule has 4 heteroatoms. The molecule has 3 heterocycles. The first kappa shape index (κ1) is 25.7. The van der Waals surface area contributed by atoms with Crippen molar-refractivity contribution in [1.29, 1.82) is 0 Å². The topological polar surface area (TPSA) is 32.3 Å². The molecule has 1 fully saturated rings. The molecule has 1 aromatic carbocycles. The van der Waals surface area contributed by atoms with Crippen LogP contribution in [0.1, 0.15) is 37.5 Å². The summed E-state index contributed by atoms with van der Waals surface area (Å²) in [5.41, 5.74) is 11.7. The Balaban J connectivity index is 0.00000167. The summed E-state index contributed by atoms with van der Waals surface area (Å²) in [6.45, 7) is 19.9. The Kier molecular flexibility index (Phi) is 9.23. The molecule has 0 N–H and O–H groups in total. The third-order valence-corrected chi connectivity index (χ3v) is 5.87. The largest absolute Gasteiger partial charge is 0.367 e. The van der Waals surface area contributed by atoms with Crippen LogP contribution >= 0.6 is 0 Å². The highest BCUT2D eigenvalue weighted by atomic mass is 15.3. The minimum atomic E-state index is 0.861. The number of benzene rings is 1. The number of rotatable bonds is 6. The SMILES string of the molecule is C=C=C(c1ccc(-c2ccccn2)nc1)N1CCN(/C(=C/C(=C)C)c2ccccc2C)CC1.CC. The number of allylic oxidation sites excluding steroid dienone is 2. The molecule has 0 amide bonds. The molecule has 0 spiro atoms. The van der Waals surface area contributed by atoms with Crippen LogP contribution in [0.25, 0.3) is 22.8 Å². The molecule has 2 aromatic heterocycles. The van der Waals surface area contributed by atoms with Gasteiger partial charge in [-0.25, -0.2) is 0 Å². The number of piperazine rings is 1. The molecule has 35 heavy (non-hydrogen) atoms. The highest BCUT2D eigenvalue weighted by molar-refractivity contribution is 5.70. The minimum Gasteiger partial charge on any atom is -0.367 e. The molecule has 4 nitrogen and oxygen atoms in total. The normalized spacial score (nSPS) is 13.4. The van der Waals surface area contributed by atoms with Crippen LogP contribution in [0.4, 0.5) is 0 Å². The van der Waals surface area contributed by atoms with E-state index >= 15 is 0 Å². The van der Waals surface area contributed by atoms with E-state index in [1.165, 1.54) is 16.8 Å². The van der Waals surface area contributed by atoms with Crippen LogP contribution in [0.15, 0.2) is 97.5 Å². The molecular weight excluding hydrogens is 428 g/mol. The second-order valence-corrected chi connectivity index (χ2v) is 8.34. The van der Waals surface area contributed by atoms with E-state index in [-0.39, 0.29) is 0 Å². The third kappa shape index (κ3) is 6.38. The molecule has 0 radical (unpaired) electrons. The third-order valence-electron chi connectivity index (χ3n) is 5.87. The number of hydrogen-bond donors (Lipinski definition) is 0. The second-order valence-electron chi connectivity index (χ2n) is 8.34. The summed E-state index contributed by atoms with van der Waals surface area (Å²) in [6.07, 6.45) is 5.87. The van der Waals surface area contributed by atoms with Crippen molar-refractivity contribution in [1.82, 2.24) is 19.8 Å². The van der Waals surface area contributed by atoms with Gasteiger partial charge in [0, 0.05) is 55.4 Å².